The van der Waals surface area contributed by atoms with Crippen molar-refractivity contribution in [2.24, 2.45) is 5.92 Å². The summed E-state index contributed by atoms with van der Waals surface area (Å²) in [6.07, 6.45) is 2.01. The van der Waals surface area contributed by atoms with Crippen LogP contribution >= 0.6 is 0 Å². The van der Waals surface area contributed by atoms with Gasteiger partial charge < -0.3 is 10.5 Å². The van der Waals surface area contributed by atoms with Crippen molar-refractivity contribution in [2.75, 3.05) is 12.3 Å². The highest BCUT2D eigenvalue weighted by Crippen LogP contribution is 2.24. The molecular formula is C11H17N3O3. The molecule has 1 aliphatic heterocycles. The van der Waals surface area contributed by atoms with Gasteiger partial charge in [0.1, 0.15) is 5.82 Å². The molecule has 0 amide bonds. The lowest BCUT2D eigenvalue weighted by atomic mass is 9.99. The molecule has 2 unspecified atom stereocenters. The van der Waals surface area contributed by atoms with Gasteiger partial charge >= 0.3 is 5.69 Å². The highest BCUT2D eigenvalue weighted by molar-refractivity contribution is 5.26. The summed E-state index contributed by atoms with van der Waals surface area (Å²) in [7, 11) is 0. The first-order valence-corrected chi connectivity index (χ1v) is 5.83. The van der Waals surface area contributed by atoms with E-state index in [-0.39, 0.29) is 17.8 Å². The van der Waals surface area contributed by atoms with Gasteiger partial charge in [-0.15, -0.1) is 0 Å². The molecule has 3 N–H and O–H groups in total. The van der Waals surface area contributed by atoms with Gasteiger partial charge in [-0.3, -0.25) is 14.3 Å². The Labute approximate surface area is 98.4 Å². The van der Waals surface area contributed by atoms with Crippen LogP contribution in [0.1, 0.15) is 19.8 Å². The van der Waals surface area contributed by atoms with Gasteiger partial charge in [0.2, 0.25) is 0 Å². The first kappa shape index (κ1) is 11.9. The Balaban J connectivity index is 2.24. The number of aromatic nitrogens is 2. The lowest BCUT2D eigenvalue weighted by Crippen LogP contribution is -2.34. The number of aromatic amines is 1. The Morgan fingerprint density at radius 1 is 1.59 bits per heavy atom. The van der Waals surface area contributed by atoms with Crippen molar-refractivity contribution in [3.8, 4) is 0 Å². The first-order valence-electron chi connectivity index (χ1n) is 5.83. The smallest absolute Gasteiger partial charge is 0.329 e. The predicted molar refractivity (Wildman–Crippen MR) is 63.9 cm³/mol. The second kappa shape index (κ2) is 4.75. The van der Waals surface area contributed by atoms with Crippen LogP contribution in [-0.2, 0) is 11.3 Å². The van der Waals surface area contributed by atoms with E-state index in [2.05, 4.69) is 11.9 Å². The highest BCUT2D eigenvalue weighted by atomic mass is 16.5. The molecule has 0 aliphatic carbocycles. The molecule has 1 saturated heterocycles. The van der Waals surface area contributed by atoms with Crippen molar-refractivity contribution in [1.29, 1.82) is 0 Å². The maximum Gasteiger partial charge on any atom is 0.329 e. The van der Waals surface area contributed by atoms with Crippen LogP contribution < -0.4 is 17.0 Å². The van der Waals surface area contributed by atoms with Crippen molar-refractivity contribution in [1.82, 2.24) is 9.55 Å². The molecule has 17 heavy (non-hydrogen) atoms. The van der Waals surface area contributed by atoms with Crippen LogP contribution in [0.3, 0.4) is 0 Å². The second-order valence-corrected chi connectivity index (χ2v) is 4.34. The van der Waals surface area contributed by atoms with Gasteiger partial charge in [-0.2, -0.15) is 0 Å². The van der Waals surface area contributed by atoms with Crippen molar-refractivity contribution < 1.29 is 4.74 Å². The third-order valence-corrected chi connectivity index (χ3v) is 3.23. The van der Waals surface area contributed by atoms with E-state index in [4.69, 9.17) is 10.5 Å². The van der Waals surface area contributed by atoms with Crippen LogP contribution in [0.25, 0.3) is 0 Å². The molecule has 1 aromatic heterocycles. The normalized spacial score (nSPS) is 24.1. The van der Waals surface area contributed by atoms with Gasteiger partial charge in [0, 0.05) is 25.1 Å². The molecule has 0 saturated carbocycles. The van der Waals surface area contributed by atoms with Crippen molar-refractivity contribution in [3.63, 3.8) is 0 Å². The molecule has 2 atom stereocenters. The first-order chi connectivity index (χ1) is 8.11. The number of nitrogens with zero attached hydrogens (tertiary/aromatic N) is 1. The summed E-state index contributed by atoms with van der Waals surface area (Å²) in [5.41, 5.74) is 4.78. The lowest BCUT2D eigenvalue weighted by Gasteiger charge is -2.18. The molecule has 94 valence electrons. The van der Waals surface area contributed by atoms with E-state index in [1.807, 2.05) is 0 Å². The fourth-order valence-electron chi connectivity index (χ4n) is 2.31. The molecule has 2 rings (SSSR count). The standard InChI is InChI=1S/C11H17N3O3/c1-2-8-7(3-4-17-8)6-14-9(12)5-10(15)13-11(14)16/h5,7-8H,2-4,6,12H2,1H3,(H,13,15,16). The van der Waals surface area contributed by atoms with Gasteiger partial charge in [0.05, 0.1) is 6.10 Å². The van der Waals surface area contributed by atoms with Crippen LogP contribution in [0.4, 0.5) is 5.82 Å². The summed E-state index contributed by atoms with van der Waals surface area (Å²) in [5, 5.41) is 0. The molecule has 0 spiro atoms. The molecule has 0 aromatic carbocycles. The number of ether oxygens (including phenoxy) is 1. The fraction of sp³-hybridized carbons (Fsp3) is 0.636. The molecular weight excluding hydrogens is 222 g/mol. The summed E-state index contributed by atoms with van der Waals surface area (Å²) in [6.45, 7) is 3.28. The van der Waals surface area contributed by atoms with E-state index < -0.39 is 11.2 Å². The summed E-state index contributed by atoms with van der Waals surface area (Å²) < 4.78 is 6.97. The molecule has 1 fully saturated rings. The van der Waals surface area contributed by atoms with E-state index in [0.29, 0.717) is 6.54 Å². The average Bonchev–Trinajstić information content (AvgIpc) is 2.70. The maximum absolute atomic E-state index is 11.6. The minimum absolute atomic E-state index is 0.174. The highest BCUT2D eigenvalue weighted by Gasteiger charge is 2.27. The molecule has 0 bridgehead atoms. The number of hydrogen-bond donors (Lipinski definition) is 2. The zero-order valence-electron chi connectivity index (χ0n) is 9.81. The topological polar surface area (TPSA) is 90.1 Å². The van der Waals surface area contributed by atoms with Gasteiger partial charge in [-0.05, 0) is 12.8 Å². The molecule has 1 aliphatic rings. The lowest BCUT2D eigenvalue weighted by molar-refractivity contribution is 0.0833. The summed E-state index contributed by atoms with van der Waals surface area (Å²) in [5.74, 6) is 0.492. The van der Waals surface area contributed by atoms with Crippen LogP contribution in [-0.4, -0.2) is 22.3 Å². The van der Waals surface area contributed by atoms with Crippen LogP contribution in [0.15, 0.2) is 15.7 Å². The second-order valence-electron chi connectivity index (χ2n) is 4.34. The Bertz CT molecular complexity index is 505. The summed E-state index contributed by atoms with van der Waals surface area (Å²) in [6, 6.07) is 1.23. The Hall–Kier alpha value is -1.56. The van der Waals surface area contributed by atoms with E-state index in [1.54, 1.807) is 0 Å². The van der Waals surface area contributed by atoms with Crippen LogP contribution in [0, 0.1) is 5.92 Å². The number of H-pyrrole nitrogens is 1. The van der Waals surface area contributed by atoms with Crippen molar-refractivity contribution in [3.05, 3.63) is 26.9 Å². The predicted octanol–water partition coefficient (Wildman–Crippen LogP) is -0.0661. The van der Waals surface area contributed by atoms with E-state index in [9.17, 15) is 9.59 Å². The number of nitrogens with two attached hydrogens (primary N) is 1. The Morgan fingerprint density at radius 3 is 3.00 bits per heavy atom. The van der Waals surface area contributed by atoms with Gasteiger partial charge in [0.25, 0.3) is 5.56 Å². The molecule has 6 nitrogen and oxygen atoms in total. The summed E-state index contributed by atoms with van der Waals surface area (Å²) in [4.78, 5) is 24.9. The van der Waals surface area contributed by atoms with Crippen LogP contribution in [0.2, 0.25) is 0 Å². The number of rotatable bonds is 3. The van der Waals surface area contributed by atoms with E-state index in [1.165, 1.54) is 10.6 Å². The monoisotopic (exact) mass is 239 g/mol. The van der Waals surface area contributed by atoms with Crippen molar-refractivity contribution in [2.45, 2.75) is 32.4 Å². The largest absolute Gasteiger partial charge is 0.385 e. The third-order valence-electron chi connectivity index (χ3n) is 3.23. The summed E-state index contributed by atoms with van der Waals surface area (Å²) >= 11 is 0. The molecule has 2 heterocycles. The van der Waals surface area contributed by atoms with Crippen molar-refractivity contribution >= 4 is 5.82 Å². The number of hydrogen-bond acceptors (Lipinski definition) is 4. The quantitative estimate of drug-likeness (QED) is 0.772. The Kier molecular flexibility index (Phi) is 3.33. The molecule has 0 radical (unpaired) electrons. The number of nitrogens with one attached hydrogen (secondary N) is 1. The number of anilines is 1. The van der Waals surface area contributed by atoms with Gasteiger partial charge in [-0.1, -0.05) is 6.92 Å². The van der Waals surface area contributed by atoms with E-state index in [0.717, 1.165) is 19.4 Å². The van der Waals surface area contributed by atoms with E-state index >= 15 is 0 Å². The zero-order valence-corrected chi connectivity index (χ0v) is 9.81. The molecule has 1 aromatic rings. The van der Waals surface area contributed by atoms with Gasteiger partial charge in [0.15, 0.2) is 0 Å². The molecule has 6 heteroatoms. The average molecular weight is 239 g/mol. The minimum atomic E-state index is -0.460. The zero-order chi connectivity index (χ0) is 12.4. The maximum atomic E-state index is 11.6. The fourth-order valence-corrected chi connectivity index (χ4v) is 2.31. The third kappa shape index (κ3) is 2.41. The van der Waals surface area contributed by atoms with Crippen LogP contribution in [0.5, 0.6) is 0 Å². The number of nitrogen functional groups attached to an aromatic ring is 1. The SMILES string of the molecule is CCC1OCCC1Cn1c(N)cc(=O)[nH]c1=O. The van der Waals surface area contributed by atoms with Gasteiger partial charge in [-0.25, -0.2) is 4.79 Å². The Morgan fingerprint density at radius 2 is 2.35 bits per heavy atom. The minimum Gasteiger partial charge on any atom is -0.385 e.